The zero-order valence-corrected chi connectivity index (χ0v) is 8.45. The molecule has 1 radical (unpaired) electrons. The van der Waals surface area contributed by atoms with Crippen LogP contribution in [0.2, 0.25) is 0 Å². The van der Waals surface area contributed by atoms with Crippen LogP contribution in [0, 0.1) is 6.92 Å². The van der Waals surface area contributed by atoms with Gasteiger partial charge >= 0.3 is 0 Å². The first kappa shape index (κ1) is 12.8. The van der Waals surface area contributed by atoms with E-state index in [0.717, 1.165) is 6.61 Å². The first-order valence-electron chi connectivity index (χ1n) is 4.44. The van der Waals surface area contributed by atoms with Gasteiger partial charge in [0.2, 0.25) is 0 Å². The lowest BCUT2D eigenvalue weighted by Crippen LogP contribution is -2.15. The minimum atomic E-state index is -0.407. The van der Waals surface area contributed by atoms with E-state index in [1.807, 2.05) is 6.92 Å². The Kier molecular flexibility index (Phi) is 9.80. The van der Waals surface area contributed by atoms with Crippen molar-refractivity contribution in [1.29, 1.82) is 0 Å². The molecule has 0 aliphatic rings. The summed E-state index contributed by atoms with van der Waals surface area (Å²) in [5, 5.41) is 0. The molecule has 0 saturated carbocycles. The van der Waals surface area contributed by atoms with Crippen LogP contribution in [0.5, 0.6) is 0 Å². The molecule has 0 aromatic heterocycles. The van der Waals surface area contributed by atoms with Crippen LogP contribution in [0.4, 0.5) is 0 Å². The standard InChI is InChI=1S/C9H19O4/c1-4-11-5-6-12-7-8-13-9(2)10-3/h9H,2,4-8H2,1,3H3. The van der Waals surface area contributed by atoms with Crippen molar-refractivity contribution < 1.29 is 18.9 Å². The van der Waals surface area contributed by atoms with Gasteiger partial charge in [-0.2, -0.15) is 0 Å². The first-order chi connectivity index (χ1) is 6.31. The molecule has 0 bridgehead atoms. The van der Waals surface area contributed by atoms with Crippen molar-refractivity contribution >= 4 is 0 Å². The smallest absolute Gasteiger partial charge is 0.157 e. The maximum atomic E-state index is 5.20. The molecule has 0 fully saturated rings. The van der Waals surface area contributed by atoms with E-state index in [2.05, 4.69) is 6.92 Å². The second-order valence-electron chi connectivity index (χ2n) is 2.35. The minimum Gasteiger partial charge on any atom is -0.379 e. The fourth-order valence-corrected chi connectivity index (χ4v) is 0.671. The predicted molar refractivity (Wildman–Crippen MR) is 49.4 cm³/mol. The fraction of sp³-hybridized carbons (Fsp3) is 0.889. The minimum absolute atomic E-state index is 0.407. The number of rotatable bonds is 9. The third kappa shape index (κ3) is 9.76. The van der Waals surface area contributed by atoms with Crippen LogP contribution in [0.25, 0.3) is 0 Å². The van der Waals surface area contributed by atoms with Gasteiger partial charge in [-0.15, -0.1) is 0 Å². The van der Waals surface area contributed by atoms with Crippen molar-refractivity contribution in [3.8, 4) is 0 Å². The summed E-state index contributed by atoms with van der Waals surface area (Å²) in [4.78, 5) is 0. The molecule has 0 spiro atoms. The molecule has 0 heterocycles. The highest BCUT2D eigenvalue weighted by atomic mass is 16.7. The molecule has 0 amide bonds. The largest absolute Gasteiger partial charge is 0.379 e. The highest BCUT2D eigenvalue weighted by Crippen LogP contribution is 1.89. The Balaban J connectivity index is 2.91. The molecule has 0 aliphatic heterocycles. The van der Waals surface area contributed by atoms with E-state index in [9.17, 15) is 0 Å². The SMILES string of the molecule is [CH2]C(OC)OCCOCCOCC. The topological polar surface area (TPSA) is 36.9 Å². The number of methoxy groups -OCH3 is 1. The summed E-state index contributed by atoms with van der Waals surface area (Å²) in [6.45, 7) is 8.53. The molecule has 4 nitrogen and oxygen atoms in total. The van der Waals surface area contributed by atoms with Gasteiger partial charge in [-0.25, -0.2) is 0 Å². The summed E-state index contributed by atoms with van der Waals surface area (Å²) >= 11 is 0. The van der Waals surface area contributed by atoms with Crippen molar-refractivity contribution in [3.63, 3.8) is 0 Å². The maximum Gasteiger partial charge on any atom is 0.157 e. The van der Waals surface area contributed by atoms with Gasteiger partial charge in [0.25, 0.3) is 0 Å². The average Bonchev–Trinajstić information content (AvgIpc) is 2.16. The molecule has 0 saturated heterocycles. The average molecular weight is 191 g/mol. The highest BCUT2D eigenvalue weighted by Gasteiger charge is 1.97. The van der Waals surface area contributed by atoms with Crippen molar-refractivity contribution in [2.45, 2.75) is 13.2 Å². The highest BCUT2D eigenvalue weighted by molar-refractivity contribution is 4.42. The third-order valence-corrected chi connectivity index (χ3v) is 1.37. The Morgan fingerprint density at radius 2 is 1.69 bits per heavy atom. The summed E-state index contributed by atoms with van der Waals surface area (Å²) in [5.41, 5.74) is 0. The number of hydrogen-bond acceptors (Lipinski definition) is 4. The van der Waals surface area contributed by atoms with E-state index in [-0.39, 0.29) is 0 Å². The normalized spacial score (nSPS) is 13.2. The molecule has 0 rings (SSSR count). The van der Waals surface area contributed by atoms with E-state index in [1.165, 1.54) is 0 Å². The molecule has 0 aliphatic carbocycles. The van der Waals surface area contributed by atoms with Crippen LogP contribution in [-0.2, 0) is 18.9 Å². The van der Waals surface area contributed by atoms with Crippen LogP contribution >= 0.6 is 0 Å². The second-order valence-corrected chi connectivity index (χ2v) is 2.35. The van der Waals surface area contributed by atoms with Crippen LogP contribution in [-0.4, -0.2) is 46.4 Å². The second kappa shape index (κ2) is 9.92. The van der Waals surface area contributed by atoms with Gasteiger partial charge in [-0.1, -0.05) is 0 Å². The van der Waals surface area contributed by atoms with Gasteiger partial charge in [-0.3, -0.25) is 0 Å². The summed E-state index contributed by atoms with van der Waals surface area (Å²) in [5.74, 6) is 0. The zero-order valence-electron chi connectivity index (χ0n) is 8.45. The van der Waals surface area contributed by atoms with Crippen LogP contribution in [0.3, 0.4) is 0 Å². The van der Waals surface area contributed by atoms with Crippen molar-refractivity contribution in [1.82, 2.24) is 0 Å². The molecule has 0 aromatic rings. The van der Waals surface area contributed by atoms with Crippen molar-refractivity contribution in [3.05, 3.63) is 6.92 Å². The quantitative estimate of drug-likeness (QED) is 0.400. The molecular formula is C9H19O4. The van der Waals surface area contributed by atoms with Gasteiger partial charge < -0.3 is 18.9 Å². The Labute approximate surface area is 80.1 Å². The van der Waals surface area contributed by atoms with Gasteiger partial charge in [0.05, 0.1) is 26.4 Å². The van der Waals surface area contributed by atoms with Crippen molar-refractivity contribution in [2.24, 2.45) is 0 Å². The van der Waals surface area contributed by atoms with Crippen molar-refractivity contribution in [2.75, 3.05) is 40.1 Å². The van der Waals surface area contributed by atoms with Gasteiger partial charge in [-0.05, 0) is 6.92 Å². The van der Waals surface area contributed by atoms with Gasteiger partial charge in [0.1, 0.15) is 0 Å². The predicted octanol–water partition coefficient (Wildman–Crippen LogP) is 0.863. The van der Waals surface area contributed by atoms with Gasteiger partial charge in [0.15, 0.2) is 6.29 Å². The molecule has 0 N–H and O–H groups in total. The fourth-order valence-electron chi connectivity index (χ4n) is 0.671. The lowest BCUT2D eigenvalue weighted by molar-refractivity contribution is -0.107. The molecule has 1 unspecified atom stereocenters. The van der Waals surface area contributed by atoms with E-state index >= 15 is 0 Å². The van der Waals surface area contributed by atoms with Crippen LogP contribution in [0.1, 0.15) is 6.92 Å². The lowest BCUT2D eigenvalue weighted by Gasteiger charge is -2.10. The molecule has 4 heteroatoms. The molecular weight excluding hydrogens is 172 g/mol. The van der Waals surface area contributed by atoms with E-state index in [4.69, 9.17) is 18.9 Å². The van der Waals surface area contributed by atoms with Crippen LogP contribution in [0.15, 0.2) is 0 Å². The molecule has 79 valence electrons. The van der Waals surface area contributed by atoms with E-state index in [1.54, 1.807) is 7.11 Å². The zero-order chi connectivity index (χ0) is 9.94. The molecule has 1 atom stereocenters. The monoisotopic (exact) mass is 191 g/mol. The summed E-state index contributed by atoms with van der Waals surface area (Å²) < 4.78 is 20.2. The summed E-state index contributed by atoms with van der Waals surface area (Å²) in [6.07, 6.45) is -0.407. The number of ether oxygens (including phenoxy) is 4. The Morgan fingerprint density at radius 1 is 1.08 bits per heavy atom. The Morgan fingerprint density at radius 3 is 2.31 bits per heavy atom. The summed E-state index contributed by atoms with van der Waals surface area (Å²) in [7, 11) is 1.55. The summed E-state index contributed by atoms with van der Waals surface area (Å²) in [6, 6.07) is 0. The van der Waals surface area contributed by atoms with E-state index < -0.39 is 6.29 Å². The third-order valence-electron chi connectivity index (χ3n) is 1.37. The van der Waals surface area contributed by atoms with Gasteiger partial charge in [0, 0.05) is 20.6 Å². The van der Waals surface area contributed by atoms with Crippen LogP contribution < -0.4 is 0 Å². The molecule has 13 heavy (non-hydrogen) atoms. The Hall–Kier alpha value is -0.160. The van der Waals surface area contributed by atoms with E-state index in [0.29, 0.717) is 26.4 Å². The maximum absolute atomic E-state index is 5.20. The Bertz CT molecular complexity index is 97.6. The number of hydrogen-bond donors (Lipinski definition) is 0. The first-order valence-corrected chi connectivity index (χ1v) is 4.44. The lowest BCUT2D eigenvalue weighted by atomic mass is 10.7. The molecule has 0 aromatic carbocycles.